The van der Waals surface area contributed by atoms with Gasteiger partial charge in [0.1, 0.15) is 0 Å². The van der Waals surface area contributed by atoms with Crippen molar-refractivity contribution in [1.82, 2.24) is 0 Å². The van der Waals surface area contributed by atoms with E-state index in [1.165, 1.54) is 0 Å². The molecule has 1 saturated heterocycles. The van der Waals surface area contributed by atoms with Crippen LogP contribution in [-0.4, -0.2) is 37.0 Å². The van der Waals surface area contributed by atoms with Gasteiger partial charge in [0.2, 0.25) is 0 Å². The molecule has 2 unspecified atom stereocenters. The normalized spacial score (nSPS) is 24.3. The minimum Gasteiger partial charge on any atom is -0.394 e. The highest BCUT2D eigenvalue weighted by atomic mass is 35.5. The summed E-state index contributed by atoms with van der Waals surface area (Å²) in [6.45, 7) is 3.95. The number of benzene rings is 1. The van der Waals surface area contributed by atoms with Crippen molar-refractivity contribution in [2.24, 2.45) is 5.73 Å². The van der Waals surface area contributed by atoms with E-state index in [0.717, 1.165) is 17.8 Å². The van der Waals surface area contributed by atoms with E-state index in [9.17, 15) is 5.11 Å². The molecule has 0 saturated carbocycles. The monoisotopic (exact) mass is 270 g/mol. The second-order valence-corrected chi connectivity index (χ2v) is 5.07. The molecule has 0 amide bonds. The fraction of sp³-hybridized carbons (Fsp3) is 0.538. The molecule has 1 heterocycles. The zero-order chi connectivity index (χ0) is 13.1. The molecule has 2 atom stereocenters. The Morgan fingerprint density at radius 1 is 1.50 bits per heavy atom. The Kier molecular flexibility index (Phi) is 4.45. The lowest BCUT2D eigenvalue weighted by atomic mass is 10.1. The number of rotatable bonds is 3. The predicted octanol–water partition coefficient (Wildman–Crippen LogP) is 1.38. The van der Waals surface area contributed by atoms with Gasteiger partial charge >= 0.3 is 0 Å². The molecule has 1 fully saturated rings. The van der Waals surface area contributed by atoms with Crippen LogP contribution in [0, 0.1) is 0 Å². The van der Waals surface area contributed by atoms with Crippen molar-refractivity contribution in [3.8, 4) is 0 Å². The molecule has 0 radical (unpaired) electrons. The predicted molar refractivity (Wildman–Crippen MR) is 73.0 cm³/mol. The zero-order valence-electron chi connectivity index (χ0n) is 10.5. The summed E-state index contributed by atoms with van der Waals surface area (Å²) in [7, 11) is 0. The summed E-state index contributed by atoms with van der Waals surface area (Å²) in [6, 6.07) is 5.72. The first-order valence-corrected chi connectivity index (χ1v) is 6.51. The van der Waals surface area contributed by atoms with Gasteiger partial charge < -0.3 is 20.5 Å². The Hall–Kier alpha value is -0.810. The number of nitrogens with two attached hydrogens (primary N) is 1. The fourth-order valence-corrected chi connectivity index (χ4v) is 2.51. The Labute approximate surface area is 112 Å². The van der Waals surface area contributed by atoms with Crippen LogP contribution in [0.2, 0.25) is 5.02 Å². The molecular formula is C13H19ClN2O2. The summed E-state index contributed by atoms with van der Waals surface area (Å²) < 4.78 is 5.64. The van der Waals surface area contributed by atoms with E-state index in [0.29, 0.717) is 18.1 Å². The lowest BCUT2D eigenvalue weighted by molar-refractivity contribution is -0.0421. The Bertz CT molecular complexity index is 414. The first-order valence-electron chi connectivity index (χ1n) is 6.13. The van der Waals surface area contributed by atoms with Crippen molar-refractivity contribution in [1.29, 1.82) is 0 Å². The number of morpholine rings is 1. The van der Waals surface area contributed by atoms with Crippen molar-refractivity contribution in [3.05, 3.63) is 28.8 Å². The quantitative estimate of drug-likeness (QED) is 0.871. The second kappa shape index (κ2) is 5.89. The van der Waals surface area contributed by atoms with Crippen LogP contribution in [0.4, 0.5) is 5.69 Å². The van der Waals surface area contributed by atoms with Crippen LogP contribution in [0.15, 0.2) is 18.2 Å². The average molecular weight is 271 g/mol. The summed E-state index contributed by atoms with van der Waals surface area (Å²) in [5.74, 6) is 0. The molecule has 3 N–H and O–H groups in total. The van der Waals surface area contributed by atoms with Gasteiger partial charge in [0.25, 0.3) is 0 Å². The van der Waals surface area contributed by atoms with Gasteiger partial charge in [-0.2, -0.15) is 0 Å². The van der Waals surface area contributed by atoms with E-state index in [2.05, 4.69) is 4.90 Å². The van der Waals surface area contributed by atoms with Crippen LogP contribution >= 0.6 is 11.6 Å². The molecule has 1 aromatic rings. The molecule has 0 bridgehead atoms. The number of aliphatic hydroxyl groups is 1. The van der Waals surface area contributed by atoms with Crippen molar-refractivity contribution >= 4 is 17.3 Å². The molecule has 1 aliphatic rings. The zero-order valence-corrected chi connectivity index (χ0v) is 11.2. The van der Waals surface area contributed by atoms with E-state index in [1.807, 2.05) is 25.1 Å². The third-order valence-corrected chi connectivity index (χ3v) is 3.37. The summed E-state index contributed by atoms with van der Waals surface area (Å²) in [6.07, 6.45) is -0.0705. The molecule has 1 aliphatic heterocycles. The smallest absolute Gasteiger partial charge is 0.0984 e. The van der Waals surface area contributed by atoms with E-state index >= 15 is 0 Å². The first-order chi connectivity index (χ1) is 8.63. The van der Waals surface area contributed by atoms with Crippen LogP contribution in [0.1, 0.15) is 12.5 Å². The first kappa shape index (κ1) is 13.6. The molecule has 18 heavy (non-hydrogen) atoms. The third kappa shape index (κ3) is 2.95. The molecular weight excluding hydrogens is 252 g/mol. The fourth-order valence-electron chi connectivity index (χ4n) is 2.35. The van der Waals surface area contributed by atoms with Crippen molar-refractivity contribution < 1.29 is 9.84 Å². The maximum atomic E-state index is 9.25. The van der Waals surface area contributed by atoms with Crippen LogP contribution in [0.5, 0.6) is 0 Å². The second-order valence-electron chi connectivity index (χ2n) is 4.63. The number of hydrogen-bond acceptors (Lipinski definition) is 4. The Balaban J connectivity index is 2.26. The maximum Gasteiger partial charge on any atom is 0.0984 e. The number of hydrogen-bond donors (Lipinski definition) is 2. The molecule has 1 aromatic carbocycles. The van der Waals surface area contributed by atoms with Gasteiger partial charge in [-0.1, -0.05) is 17.7 Å². The highest BCUT2D eigenvalue weighted by molar-refractivity contribution is 6.30. The van der Waals surface area contributed by atoms with Crippen LogP contribution in [0.25, 0.3) is 0 Å². The lowest BCUT2D eigenvalue weighted by Gasteiger charge is -2.38. The SMILES string of the molecule is CC1CN(c2cc(Cl)ccc2CN)CC(CO)O1. The summed E-state index contributed by atoms with van der Waals surface area (Å²) in [5.41, 5.74) is 7.86. The van der Waals surface area contributed by atoms with E-state index in [1.54, 1.807) is 0 Å². The molecule has 4 nitrogen and oxygen atoms in total. The van der Waals surface area contributed by atoms with Crippen molar-refractivity contribution in [2.45, 2.75) is 25.7 Å². The third-order valence-electron chi connectivity index (χ3n) is 3.14. The Morgan fingerprint density at radius 3 is 2.94 bits per heavy atom. The molecule has 100 valence electrons. The van der Waals surface area contributed by atoms with E-state index in [4.69, 9.17) is 22.1 Å². The van der Waals surface area contributed by atoms with E-state index in [-0.39, 0.29) is 18.8 Å². The number of aliphatic hydroxyl groups excluding tert-OH is 1. The molecule has 2 rings (SSSR count). The van der Waals surface area contributed by atoms with Gasteiger partial charge in [-0.25, -0.2) is 0 Å². The largest absolute Gasteiger partial charge is 0.394 e. The van der Waals surface area contributed by atoms with Gasteiger partial charge in [0, 0.05) is 30.3 Å². The summed E-state index contributed by atoms with van der Waals surface area (Å²) in [5, 5.41) is 9.95. The highest BCUT2D eigenvalue weighted by Gasteiger charge is 2.26. The minimum absolute atomic E-state index is 0.0271. The van der Waals surface area contributed by atoms with Gasteiger partial charge in [-0.3, -0.25) is 0 Å². The van der Waals surface area contributed by atoms with Crippen LogP contribution in [-0.2, 0) is 11.3 Å². The molecule has 0 aromatic heterocycles. The topological polar surface area (TPSA) is 58.7 Å². The van der Waals surface area contributed by atoms with E-state index < -0.39 is 0 Å². The van der Waals surface area contributed by atoms with Gasteiger partial charge in [0.15, 0.2) is 0 Å². The van der Waals surface area contributed by atoms with Crippen molar-refractivity contribution in [3.63, 3.8) is 0 Å². The standard InChI is InChI=1S/C13H19ClN2O2/c1-9-6-16(7-12(8-17)18-9)13-4-11(14)3-2-10(13)5-15/h2-4,9,12,17H,5-8,15H2,1H3. The van der Waals surface area contributed by atoms with Gasteiger partial charge in [-0.15, -0.1) is 0 Å². The Morgan fingerprint density at radius 2 is 2.28 bits per heavy atom. The number of anilines is 1. The number of halogens is 1. The molecule has 0 spiro atoms. The minimum atomic E-state index is -0.154. The lowest BCUT2D eigenvalue weighted by Crippen LogP contribution is -2.48. The molecule has 0 aliphatic carbocycles. The molecule has 5 heteroatoms. The van der Waals surface area contributed by atoms with Crippen LogP contribution < -0.4 is 10.6 Å². The number of nitrogens with zero attached hydrogens (tertiary/aromatic N) is 1. The van der Waals surface area contributed by atoms with Gasteiger partial charge in [0.05, 0.1) is 18.8 Å². The highest BCUT2D eigenvalue weighted by Crippen LogP contribution is 2.27. The maximum absolute atomic E-state index is 9.25. The number of ether oxygens (including phenoxy) is 1. The van der Waals surface area contributed by atoms with Crippen molar-refractivity contribution in [2.75, 3.05) is 24.6 Å². The van der Waals surface area contributed by atoms with Gasteiger partial charge in [-0.05, 0) is 24.6 Å². The van der Waals surface area contributed by atoms with Crippen LogP contribution in [0.3, 0.4) is 0 Å². The average Bonchev–Trinajstić information content (AvgIpc) is 2.38. The summed E-state index contributed by atoms with van der Waals surface area (Å²) >= 11 is 6.05. The summed E-state index contributed by atoms with van der Waals surface area (Å²) in [4.78, 5) is 2.18.